The van der Waals surface area contributed by atoms with Crippen molar-refractivity contribution in [1.29, 1.82) is 0 Å². The highest BCUT2D eigenvalue weighted by Gasteiger charge is 2.31. The van der Waals surface area contributed by atoms with Gasteiger partial charge in [-0.05, 0) is 24.5 Å². The lowest BCUT2D eigenvalue weighted by Gasteiger charge is -2.15. The fourth-order valence-corrected chi connectivity index (χ4v) is 5.49. The van der Waals surface area contributed by atoms with Crippen molar-refractivity contribution in [2.24, 2.45) is 0 Å². The number of rotatable bonds is 2. The van der Waals surface area contributed by atoms with E-state index in [4.69, 9.17) is 4.98 Å². The van der Waals surface area contributed by atoms with E-state index < -0.39 is 0 Å². The first-order chi connectivity index (χ1) is 12.3. The molecule has 2 aliphatic heterocycles. The molecule has 1 atom stereocenters. The number of anilines is 1. The van der Waals surface area contributed by atoms with Crippen molar-refractivity contribution in [3.05, 3.63) is 34.3 Å². The van der Waals surface area contributed by atoms with Crippen LogP contribution in [-0.4, -0.2) is 32.7 Å². The van der Waals surface area contributed by atoms with Gasteiger partial charge in [-0.2, -0.15) is 8.75 Å². The van der Waals surface area contributed by atoms with Gasteiger partial charge in [-0.15, -0.1) is 11.3 Å². The molecule has 1 unspecified atom stereocenters. The molecule has 1 amide bonds. The number of nitrogens with zero attached hydrogens (tertiary/aromatic N) is 4. The summed E-state index contributed by atoms with van der Waals surface area (Å²) in [6.07, 6.45) is 2.90. The molecule has 1 N–H and O–H groups in total. The maximum atomic E-state index is 12.3. The van der Waals surface area contributed by atoms with Gasteiger partial charge in [0.2, 0.25) is 5.91 Å². The van der Waals surface area contributed by atoms with Crippen LogP contribution in [0.5, 0.6) is 0 Å². The van der Waals surface area contributed by atoms with E-state index in [1.54, 1.807) is 11.3 Å². The van der Waals surface area contributed by atoms with E-state index in [0.717, 1.165) is 40.5 Å². The smallest absolute Gasteiger partial charge is 0.221 e. The molecule has 0 bridgehead atoms. The van der Waals surface area contributed by atoms with Gasteiger partial charge in [-0.3, -0.25) is 4.79 Å². The van der Waals surface area contributed by atoms with Gasteiger partial charge in [0.25, 0.3) is 0 Å². The van der Waals surface area contributed by atoms with Crippen molar-refractivity contribution >= 4 is 45.1 Å². The van der Waals surface area contributed by atoms with Crippen LogP contribution in [0.2, 0.25) is 0 Å². The predicted molar refractivity (Wildman–Crippen MR) is 99.3 cm³/mol. The molecule has 8 heteroatoms. The second kappa shape index (κ2) is 6.03. The molecule has 2 aliphatic rings. The van der Waals surface area contributed by atoms with Crippen LogP contribution in [-0.2, 0) is 11.3 Å². The highest BCUT2D eigenvalue weighted by Crippen LogP contribution is 2.41. The molecule has 5 rings (SSSR count). The zero-order valence-electron chi connectivity index (χ0n) is 13.6. The normalized spacial score (nSPS) is 20.6. The van der Waals surface area contributed by atoms with Crippen LogP contribution in [0.1, 0.15) is 41.3 Å². The van der Waals surface area contributed by atoms with Gasteiger partial charge in [-0.25, -0.2) is 4.98 Å². The largest absolute Gasteiger partial charge is 0.350 e. The zero-order chi connectivity index (χ0) is 16.8. The molecule has 0 radical (unpaired) electrons. The summed E-state index contributed by atoms with van der Waals surface area (Å²) >= 11 is 2.96. The van der Waals surface area contributed by atoms with Crippen LogP contribution in [0.15, 0.2) is 18.2 Å². The predicted octanol–water partition coefficient (Wildman–Crippen LogP) is 2.90. The van der Waals surface area contributed by atoms with Gasteiger partial charge in [-0.1, -0.05) is 12.1 Å². The van der Waals surface area contributed by atoms with Gasteiger partial charge in [0.05, 0.1) is 24.0 Å². The summed E-state index contributed by atoms with van der Waals surface area (Å²) in [5.41, 5.74) is 3.90. The van der Waals surface area contributed by atoms with Crippen LogP contribution < -0.4 is 10.2 Å². The molecule has 4 heterocycles. The maximum absolute atomic E-state index is 12.3. The van der Waals surface area contributed by atoms with Crippen molar-refractivity contribution < 1.29 is 4.79 Å². The van der Waals surface area contributed by atoms with Crippen molar-refractivity contribution in [3.63, 3.8) is 0 Å². The number of nitrogens with one attached hydrogen (secondary N) is 1. The van der Waals surface area contributed by atoms with Gasteiger partial charge in [0, 0.05) is 30.3 Å². The lowest BCUT2D eigenvalue weighted by atomic mass is 9.92. The van der Waals surface area contributed by atoms with E-state index in [1.807, 2.05) is 12.1 Å². The average Bonchev–Trinajstić information content (AvgIpc) is 3.35. The Morgan fingerprint density at radius 1 is 1.20 bits per heavy atom. The molecule has 0 aliphatic carbocycles. The molecular weight excluding hydrogens is 354 g/mol. The third-order valence-corrected chi connectivity index (χ3v) is 6.76. The minimum absolute atomic E-state index is 0.000969. The molecule has 0 saturated carbocycles. The van der Waals surface area contributed by atoms with Crippen LogP contribution in [0.4, 0.5) is 5.13 Å². The minimum atomic E-state index is -0.000969. The topological polar surface area (TPSA) is 71.0 Å². The molecule has 1 fully saturated rings. The second-order valence-electron chi connectivity index (χ2n) is 6.51. The van der Waals surface area contributed by atoms with Crippen LogP contribution in [0.3, 0.4) is 0 Å². The van der Waals surface area contributed by atoms with Gasteiger partial charge in [0.15, 0.2) is 5.13 Å². The monoisotopic (exact) mass is 371 g/mol. The highest BCUT2D eigenvalue weighted by atomic mass is 32.1. The number of hydrogen-bond donors (Lipinski definition) is 1. The molecule has 1 aromatic carbocycles. The number of benzene rings is 1. The Bertz CT molecular complexity index is 944. The van der Waals surface area contributed by atoms with Crippen molar-refractivity contribution in [1.82, 2.24) is 19.0 Å². The Kier molecular flexibility index (Phi) is 3.67. The number of hydrogen-bond acceptors (Lipinski definition) is 7. The van der Waals surface area contributed by atoms with Crippen LogP contribution in [0, 0.1) is 0 Å². The zero-order valence-corrected chi connectivity index (χ0v) is 15.2. The summed E-state index contributed by atoms with van der Waals surface area (Å²) in [4.78, 5) is 20.7. The van der Waals surface area contributed by atoms with Crippen LogP contribution >= 0.6 is 23.1 Å². The van der Waals surface area contributed by atoms with E-state index in [2.05, 4.69) is 25.0 Å². The Hall–Kier alpha value is -2.06. The fraction of sp³-hybridized carbons (Fsp3) is 0.412. The van der Waals surface area contributed by atoms with E-state index >= 15 is 0 Å². The summed E-state index contributed by atoms with van der Waals surface area (Å²) in [5.74, 6) is 0.0667. The number of fused-ring (bicyclic) bond motifs is 2. The second-order valence-corrected chi connectivity index (χ2v) is 8.05. The maximum Gasteiger partial charge on any atom is 0.221 e. The Balaban J connectivity index is 1.63. The average molecular weight is 371 g/mol. The summed E-state index contributed by atoms with van der Waals surface area (Å²) in [5, 5.41) is 4.09. The summed E-state index contributed by atoms with van der Waals surface area (Å²) in [6.45, 7) is 2.67. The van der Waals surface area contributed by atoms with Crippen molar-refractivity contribution in [2.75, 3.05) is 18.0 Å². The molecule has 0 spiro atoms. The fourth-order valence-electron chi connectivity index (χ4n) is 3.69. The number of carbonyl (C=O) groups excluding carboxylic acids is 1. The lowest BCUT2D eigenvalue weighted by Crippen LogP contribution is -2.22. The Morgan fingerprint density at radius 2 is 2.08 bits per heavy atom. The standard InChI is InChI=1S/C17H17N5OS2/c23-14-8-11(10-4-3-5-12-15(10)21-25-20-12)16-13(9-18-14)19-17(24-16)22-6-1-2-7-22/h3-5,11H,1-2,6-9H2,(H,18,23). The SMILES string of the molecule is O=C1CC(c2cccc3nsnc23)c2sc(N3CCCC3)nc2CN1. The molecule has 128 valence electrons. The molecule has 25 heavy (non-hydrogen) atoms. The quantitative estimate of drug-likeness (QED) is 0.750. The number of amides is 1. The number of thiazole rings is 1. The molecule has 3 aromatic rings. The Morgan fingerprint density at radius 3 is 2.96 bits per heavy atom. The molecule has 2 aromatic heterocycles. The summed E-state index contributed by atoms with van der Waals surface area (Å²) in [6, 6.07) is 6.05. The Labute approximate surface area is 153 Å². The molecule has 1 saturated heterocycles. The minimum Gasteiger partial charge on any atom is -0.350 e. The van der Waals surface area contributed by atoms with Gasteiger partial charge >= 0.3 is 0 Å². The summed E-state index contributed by atoms with van der Waals surface area (Å²) in [7, 11) is 0. The van der Waals surface area contributed by atoms with E-state index in [1.165, 1.54) is 29.4 Å². The van der Waals surface area contributed by atoms with E-state index in [9.17, 15) is 4.79 Å². The van der Waals surface area contributed by atoms with E-state index in [0.29, 0.717) is 13.0 Å². The first kappa shape index (κ1) is 15.2. The highest BCUT2D eigenvalue weighted by molar-refractivity contribution is 7.15. The third-order valence-electron chi connectivity index (χ3n) is 4.94. The van der Waals surface area contributed by atoms with E-state index in [-0.39, 0.29) is 11.8 Å². The van der Waals surface area contributed by atoms with Crippen molar-refractivity contribution in [3.8, 4) is 0 Å². The third kappa shape index (κ3) is 2.60. The lowest BCUT2D eigenvalue weighted by molar-refractivity contribution is -0.121. The first-order valence-corrected chi connectivity index (χ1v) is 10.1. The summed E-state index contributed by atoms with van der Waals surface area (Å²) < 4.78 is 8.83. The first-order valence-electron chi connectivity index (χ1n) is 8.52. The number of carbonyl (C=O) groups is 1. The van der Waals surface area contributed by atoms with Crippen LogP contribution in [0.25, 0.3) is 11.0 Å². The van der Waals surface area contributed by atoms with Gasteiger partial charge < -0.3 is 10.2 Å². The van der Waals surface area contributed by atoms with Crippen molar-refractivity contribution in [2.45, 2.75) is 31.7 Å². The van der Waals surface area contributed by atoms with Gasteiger partial charge in [0.1, 0.15) is 11.0 Å². The molecular formula is C17H17N5OS2. The number of aromatic nitrogens is 3. The molecule has 6 nitrogen and oxygen atoms in total.